The van der Waals surface area contributed by atoms with E-state index in [2.05, 4.69) is 30.0 Å². The summed E-state index contributed by atoms with van der Waals surface area (Å²) in [5.41, 5.74) is 9.62. The van der Waals surface area contributed by atoms with Crippen molar-refractivity contribution in [3.05, 3.63) is 29.3 Å². The predicted molar refractivity (Wildman–Crippen MR) is 65.1 cm³/mol. The zero-order chi connectivity index (χ0) is 10.7. The van der Waals surface area contributed by atoms with Gasteiger partial charge in [-0.15, -0.1) is 0 Å². The Morgan fingerprint density at radius 3 is 2.53 bits per heavy atom. The third-order valence-electron chi connectivity index (χ3n) is 3.19. The van der Waals surface area contributed by atoms with Gasteiger partial charge in [-0.25, -0.2) is 0 Å². The minimum absolute atomic E-state index is 0.640. The van der Waals surface area contributed by atoms with Gasteiger partial charge in [0.05, 0.1) is 0 Å². The van der Waals surface area contributed by atoms with Gasteiger partial charge in [0.15, 0.2) is 0 Å². The van der Waals surface area contributed by atoms with Crippen molar-refractivity contribution in [3.63, 3.8) is 0 Å². The number of anilines is 1. The lowest BCUT2D eigenvalue weighted by atomic mass is 10.1. The molecule has 2 heteroatoms. The summed E-state index contributed by atoms with van der Waals surface area (Å²) in [5.74, 6) is 0. The molecule has 15 heavy (non-hydrogen) atoms. The van der Waals surface area contributed by atoms with E-state index >= 15 is 0 Å². The van der Waals surface area contributed by atoms with Gasteiger partial charge in [-0.05, 0) is 43.4 Å². The first-order valence-electron chi connectivity index (χ1n) is 5.86. The van der Waals surface area contributed by atoms with Gasteiger partial charge >= 0.3 is 0 Å². The molecule has 0 aliphatic carbocycles. The molecule has 0 saturated carbocycles. The molecule has 0 aromatic heterocycles. The molecule has 0 spiro atoms. The average molecular weight is 204 g/mol. The maximum atomic E-state index is 5.63. The molecule has 1 aliphatic heterocycles. The smallest absolute Gasteiger partial charge is 0.0396 e. The third kappa shape index (κ3) is 2.32. The van der Waals surface area contributed by atoms with Gasteiger partial charge in [-0.3, -0.25) is 0 Å². The van der Waals surface area contributed by atoms with Crippen molar-refractivity contribution in [2.45, 2.75) is 32.7 Å². The summed E-state index contributed by atoms with van der Waals surface area (Å²) in [6, 6.07) is 6.59. The fourth-order valence-electron chi connectivity index (χ4n) is 2.33. The quantitative estimate of drug-likeness (QED) is 0.801. The van der Waals surface area contributed by atoms with Crippen molar-refractivity contribution in [3.8, 4) is 0 Å². The van der Waals surface area contributed by atoms with E-state index in [1.54, 1.807) is 0 Å². The molecular formula is C13H20N2. The van der Waals surface area contributed by atoms with E-state index in [0.29, 0.717) is 6.54 Å². The maximum Gasteiger partial charge on any atom is 0.0396 e. The van der Waals surface area contributed by atoms with Crippen LogP contribution in [0.4, 0.5) is 5.69 Å². The molecule has 2 nitrogen and oxygen atoms in total. The summed E-state index contributed by atoms with van der Waals surface area (Å²) in [7, 11) is 0. The van der Waals surface area contributed by atoms with E-state index in [9.17, 15) is 0 Å². The van der Waals surface area contributed by atoms with E-state index in [1.165, 1.54) is 49.2 Å². The maximum absolute atomic E-state index is 5.63. The minimum atomic E-state index is 0.640. The van der Waals surface area contributed by atoms with Crippen molar-refractivity contribution >= 4 is 5.69 Å². The first-order chi connectivity index (χ1) is 7.31. The molecule has 1 aliphatic rings. The molecular weight excluding hydrogens is 184 g/mol. The molecule has 0 unspecified atom stereocenters. The van der Waals surface area contributed by atoms with Crippen molar-refractivity contribution in [1.82, 2.24) is 0 Å². The number of nitrogens with zero attached hydrogens (tertiary/aromatic N) is 1. The van der Waals surface area contributed by atoms with Crippen LogP contribution in [0.5, 0.6) is 0 Å². The highest BCUT2D eigenvalue weighted by atomic mass is 15.1. The molecule has 1 aromatic carbocycles. The fourth-order valence-corrected chi connectivity index (χ4v) is 2.33. The summed E-state index contributed by atoms with van der Waals surface area (Å²) >= 11 is 0. The zero-order valence-electron chi connectivity index (χ0n) is 9.50. The summed E-state index contributed by atoms with van der Waals surface area (Å²) in [5, 5.41) is 0. The molecule has 0 radical (unpaired) electrons. The van der Waals surface area contributed by atoms with Gasteiger partial charge in [-0.2, -0.15) is 0 Å². The highest BCUT2D eigenvalue weighted by Gasteiger charge is 2.12. The van der Waals surface area contributed by atoms with Crippen molar-refractivity contribution in [1.29, 1.82) is 0 Å². The van der Waals surface area contributed by atoms with E-state index in [1.807, 2.05) is 0 Å². The average Bonchev–Trinajstić information content (AvgIpc) is 2.30. The molecule has 0 atom stereocenters. The largest absolute Gasteiger partial charge is 0.371 e. The Hall–Kier alpha value is -1.02. The number of piperidine rings is 1. The van der Waals surface area contributed by atoms with Crippen molar-refractivity contribution in [2.24, 2.45) is 5.73 Å². The van der Waals surface area contributed by atoms with Crippen LogP contribution in [0.3, 0.4) is 0 Å². The van der Waals surface area contributed by atoms with E-state index in [4.69, 9.17) is 5.73 Å². The van der Waals surface area contributed by atoms with Gasteiger partial charge in [0, 0.05) is 25.3 Å². The number of rotatable bonds is 2. The van der Waals surface area contributed by atoms with E-state index in [-0.39, 0.29) is 0 Å². The molecule has 0 amide bonds. The number of benzene rings is 1. The van der Waals surface area contributed by atoms with Gasteiger partial charge in [0.25, 0.3) is 0 Å². The van der Waals surface area contributed by atoms with Crippen LogP contribution in [-0.4, -0.2) is 13.1 Å². The van der Waals surface area contributed by atoms with Crippen LogP contribution in [-0.2, 0) is 6.54 Å². The highest BCUT2D eigenvalue weighted by molar-refractivity contribution is 5.54. The monoisotopic (exact) mass is 204 g/mol. The van der Waals surface area contributed by atoms with Crippen LogP contribution in [0.2, 0.25) is 0 Å². The Morgan fingerprint density at radius 1 is 1.20 bits per heavy atom. The van der Waals surface area contributed by atoms with Crippen molar-refractivity contribution < 1.29 is 0 Å². The summed E-state index contributed by atoms with van der Waals surface area (Å²) in [6.45, 7) is 5.25. The number of nitrogens with two attached hydrogens (primary N) is 1. The number of hydrogen-bond donors (Lipinski definition) is 1. The molecule has 0 bridgehead atoms. The van der Waals surface area contributed by atoms with Gasteiger partial charge in [-0.1, -0.05) is 12.1 Å². The Morgan fingerprint density at radius 2 is 1.93 bits per heavy atom. The zero-order valence-corrected chi connectivity index (χ0v) is 9.50. The first kappa shape index (κ1) is 10.5. The lowest BCUT2D eigenvalue weighted by Gasteiger charge is -2.30. The lowest BCUT2D eigenvalue weighted by molar-refractivity contribution is 0.577. The normalized spacial score (nSPS) is 16.8. The second-order valence-electron chi connectivity index (χ2n) is 4.37. The first-order valence-corrected chi connectivity index (χ1v) is 5.86. The van der Waals surface area contributed by atoms with E-state index in [0.717, 1.165) is 0 Å². The molecule has 1 fully saturated rings. The van der Waals surface area contributed by atoms with Crippen LogP contribution < -0.4 is 10.6 Å². The third-order valence-corrected chi connectivity index (χ3v) is 3.19. The van der Waals surface area contributed by atoms with Crippen molar-refractivity contribution in [2.75, 3.05) is 18.0 Å². The lowest BCUT2D eigenvalue weighted by Crippen LogP contribution is -2.29. The van der Waals surface area contributed by atoms with Crippen LogP contribution in [0.1, 0.15) is 30.4 Å². The van der Waals surface area contributed by atoms with Crippen LogP contribution in [0, 0.1) is 6.92 Å². The molecule has 2 N–H and O–H groups in total. The number of hydrogen-bond acceptors (Lipinski definition) is 2. The molecule has 1 heterocycles. The molecule has 2 rings (SSSR count). The summed E-state index contributed by atoms with van der Waals surface area (Å²) in [6.07, 6.45) is 4.05. The van der Waals surface area contributed by atoms with Gasteiger partial charge in [0.2, 0.25) is 0 Å². The second kappa shape index (κ2) is 4.67. The Balaban J connectivity index is 2.19. The molecule has 1 aromatic rings. The van der Waals surface area contributed by atoms with Crippen LogP contribution in [0.25, 0.3) is 0 Å². The topological polar surface area (TPSA) is 29.3 Å². The minimum Gasteiger partial charge on any atom is -0.371 e. The molecule has 82 valence electrons. The van der Waals surface area contributed by atoms with Crippen LogP contribution in [0.15, 0.2) is 18.2 Å². The second-order valence-corrected chi connectivity index (χ2v) is 4.37. The SMILES string of the molecule is Cc1cc(CN)ccc1N1CCCCC1. The standard InChI is InChI=1S/C13H20N2/c1-11-9-12(10-14)5-6-13(11)15-7-3-2-4-8-15/h5-6,9H,2-4,7-8,10,14H2,1H3. The number of aryl methyl sites for hydroxylation is 1. The Bertz CT molecular complexity index is 327. The Labute approximate surface area is 92.1 Å². The molecule has 1 saturated heterocycles. The Kier molecular flexibility index (Phi) is 3.27. The van der Waals surface area contributed by atoms with Crippen LogP contribution >= 0.6 is 0 Å². The fraction of sp³-hybridized carbons (Fsp3) is 0.538. The van der Waals surface area contributed by atoms with Gasteiger partial charge < -0.3 is 10.6 Å². The predicted octanol–water partition coefficient (Wildman–Crippen LogP) is 2.44. The highest BCUT2D eigenvalue weighted by Crippen LogP contribution is 2.24. The van der Waals surface area contributed by atoms with Gasteiger partial charge in [0.1, 0.15) is 0 Å². The van der Waals surface area contributed by atoms with E-state index < -0.39 is 0 Å². The summed E-state index contributed by atoms with van der Waals surface area (Å²) < 4.78 is 0. The summed E-state index contributed by atoms with van der Waals surface area (Å²) in [4.78, 5) is 2.50.